The van der Waals surface area contributed by atoms with Crippen molar-refractivity contribution in [1.82, 2.24) is 9.78 Å². The van der Waals surface area contributed by atoms with Gasteiger partial charge in [0.05, 0.1) is 18.8 Å². The second-order valence-corrected chi connectivity index (χ2v) is 10.4. The third kappa shape index (κ3) is 5.00. The molecule has 0 aromatic carbocycles. The first-order valence-electron chi connectivity index (χ1n) is 11.8. The number of allylic oxidation sites excluding steroid dienone is 2. The summed E-state index contributed by atoms with van der Waals surface area (Å²) < 4.78 is 12.4. The molecule has 1 atom stereocenters. The SMILES string of the molecule is CC1(C)CC=C(n2cc(OC(=O)O)c(N(C(=O)[C@H]3CC[C@H](C)CC3)C3CCOC3)n2)CC1. The largest absolute Gasteiger partial charge is 0.511 e. The van der Waals surface area contributed by atoms with Crippen LogP contribution >= 0.6 is 0 Å². The Morgan fingerprint density at radius 1 is 1.25 bits per heavy atom. The Kier molecular flexibility index (Phi) is 6.60. The topological polar surface area (TPSA) is 93.9 Å². The van der Waals surface area contributed by atoms with E-state index in [0.717, 1.165) is 50.6 Å². The lowest BCUT2D eigenvalue weighted by Gasteiger charge is -2.33. The summed E-state index contributed by atoms with van der Waals surface area (Å²) in [5.74, 6) is 0.954. The molecule has 1 saturated heterocycles. The highest BCUT2D eigenvalue weighted by Gasteiger charge is 2.38. The summed E-state index contributed by atoms with van der Waals surface area (Å²) in [5.41, 5.74) is 1.24. The number of carbonyl (C=O) groups is 2. The van der Waals surface area contributed by atoms with Crippen molar-refractivity contribution in [3.8, 4) is 5.75 Å². The Morgan fingerprint density at radius 3 is 2.59 bits per heavy atom. The summed E-state index contributed by atoms with van der Waals surface area (Å²) in [5, 5.41) is 14.1. The molecular formula is C24H35N3O5. The van der Waals surface area contributed by atoms with E-state index in [1.54, 1.807) is 15.8 Å². The maximum Gasteiger partial charge on any atom is 0.511 e. The number of carboxylic acid groups (broad SMARTS) is 1. The summed E-state index contributed by atoms with van der Waals surface area (Å²) in [6.45, 7) is 7.69. The van der Waals surface area contributed by atoms with E-state index in [2.05, 4.69) is 26.8 Å². The number of rotatable bonds is 5. The van der Waals surface area contributed by atoms with Gasteiger partial charge in [-0.3, -0.25) is 9.69 Å². The molecule has 1 amide bonds. The Hall–Kier alpha value is -2.35. The Balaban J connectivity index is 1.69. The van der Waals surface area contributed by atoms with Crippen LogP contribution in [0.2, 0.25) is 0 Å². The van der Waals surface area contributed by atoms with E-state index in [9.17, 15) is 14.7 Å². The zero-order chi connectivity index (χ0) is 22.9. The number of hydrogen-bond acceptors (Lipinski definition) is 5. The second-order valence-electron chi connectivity index (χ2n) is 10.4. The van der Waals surface area contributed by atoms with Crippen LogP contribution in [0.1, 0.15) is 72.1 Å². The summed E-state index contributed by atoms with van der Waals surface area (Å²) in [6, 6.07) is -0.166. The van der Waals surface area contributed by atoms with Crippen LogP contribution in [0.4, 0.5) is 10.6 Å². The lowest BCUT2D eigenvalue weighted by Crippen LogP contribution is -2.45. The number of hydrogen-bond donors (Lipinski definition) is 1. The van der Waals surface area contributed by atoms with E-state index < -0.39 is 6.16 Å². The fourth-order valence-electron chi connectivity index (χ4n) is 4.99. The first-order chi connectivity index (χ1) is 15.2. The molecule has 0 radical (unpaired) electrons. The molecule has 8 heteroatoms. The van der Waals surface area contributed by atoms with Gasteiger partial charge < -0.3 is 14.6 Å². The zero-order valence-corrected chi connectivity index (χ0v) is 19.4. The molecule has 1 aromatic heterocycles. The van der Waals surface area contributed by atoms with E-state index >= 15 is 0 Å². The van der Waals surface area contributed by atoms with E-state index in [0.29, 0.717) is 25.6 Å². The van der Waals surface area contributed by atoms with Crippen LogP contribution in [0, 0.1) is 17.3 Å². The number of carbonyl (C=O) groups excluding carboxylic acids is 1. The first kappa shape index (κ1) is 22.8. The summed E-state index contributed by atoms with van der Waals surface area (Å²) >= 11 is 0. The summed E-state index contributed by atoms with van der Waals surface area (Å²) in [6.07, 6.45) is 9.57. The van der Waals surface area contributed by atoms with Crippen molar-refractivity contribution >= 4 is 23.6 Å². The molecule has 176 valence electrons. The molecule has 2 heterocycles. The van der Waals surface area contributed by atoms with Gasteiger partial charge >= 0.3 is 6.16 Å². The number of nitrogens with zero attached hydrogens (tertiary/aromatic N) is 3. The Bertz CT molecular complexity index is 876. The highest BCUT2D eigenvalue weighted by atomic mass is 16.7. The van der Waals surface area contributed by atoms with Gasteiger partial charge in [-0.05, 0) is 62.7 Å². The summed E-state index contributed by atoms with van der Waals surface area (Å²) in [7, 11) is 0. The molecule has 0 spiro atoms. The molecule has 32 heavy (non-hydrogen) atoms. The van der Waals surface area contributed by atoms with Gasteiger partial charge in [0.15, 0.2) is 5.75 Å². The Morgan fingerprint density at radius 2 is 2.00 bits per heavy atom. The quantitative estimate of drug-likeness (QED) is 0.645. The fraction of sp³-hybridized carbons (Fsp3) is 0.708. The number of aromatic nitrogens is 2. The van der Waals surface area contributed by atoms with Crippen molar-refractivity contribution in [1.29, 1.82) is 0 Å². The third-order valence-electron chi connectivity index (χ3n) is 7.20. The van der Waals surface area contributed by atoms with Gasteiger partial charge in [0.25, 0.3) is 0 Å². The molecule has 2 aliphatic carbocycles. The molecule has 0 bridgehead atoms. The molecule has 1 unspecified atom stereocenters. The number of anilines is 1. The maximum absolute atomic E-state index is 13.7. The highest BCUT2D eigenvalue weighted by molar-refractivity contribution is 5.96. The lowest BCUT2D eigenvalue weighted by molar-refractivity contribution is -0.124. The van der Waals surface area contributed by atoms with Crippen molar-refractivity contribution in [2.24, 2.45) is 17.3 Å². The minimum Gasteiger partial charge on any atom is -0.449 e. The molecule has 1 saturated carbocycles. The smallest absolute Gasteiger partial charge is 0.449 e. The predicted molar refractivity (Wildman–Crippen MR) is 121 cm³/mol. The molecule has 1 N–H and O–H groups in total. The van der Waals surface area contributed by atoms with Crippen LogP contribution in [0.5, 0.6) is 5.75 Å². The first-order valence-corrected chi connectivity index (χ1v) is 11.8. The van der Waals surface area contributed by atoms with Crippen molar-refractivity contribution in [3.63, 3.8) is 0 Å². The fourth-order valence-corrected chi connectivity index (χ4v) is 4.99. The highest BCUT2D eigenvalue weighted by Crippen LogP contribution is 2.39. The molecule has 2 fully saturated rings. The van der Waals surface area contributed by atoms with Crippen molar-refractivity contribution < 1.29 is 24.2 Å². The van der Waals surface area contributed by atoms with Crippen LogP contribution < -0.4 is 9.64 Å². The van der Waals surface area contributed by atoms with Crippen LogP contribution in [0.25, 0.3) is 5.70 Å². The van der Waals surface area contributed by atoms with Gasteiger partial charge in [0, 0.05) is 18.2 Å². The van der Waals surface area contributed by atoms with Gasteiger partial charge in [0.2, 0.25) is 11.7 Å². The second kappa shape index (κ2) is 9.25. The average molecular weight is 446 g/mol. The average Bonchev–Trinajstić information content (AvgIpc) is 3.39. The minimum atomic E-state index is -1.41. The third-order valence-corrected chi connectivity index (χ3v) is 7.20. The van der Waals surface area contributed by atoms with Crippen LogP contribution in [0.15, 0.2) is 12.3 Å². The normalized spacial score (nSPS) is 27.6. The lowest BCUT2D eigenvalue weighted by atomic mass is 9.80. The molecule has 3 aliphatic rings. The molecule has 1 aromatic rings. The van der Waals surface area contributed by atoms with Crippen LogP contribution in [-0.4, -0.2) is 46.2 Å². The van der Waals surface area contributed by atoms with Gasteiger partial charge in [-0.2, -0.15) is 0 Å². The number of amides is 1. The molecule has 4 rings (SSSR count). The van der Waals surface area contributed by atoms with E-state index in [1.165, 1.54) is 0 Å². The van der Waals surface area contributed by atoms with Gasteiger partial charge in [-0.1, -0.05) is 26.8 Å². The molecule has 8 nitrogen and oxygen atoms in total. The monoisotopic (exact) mass is 445 g/mol. The Labute approximate surface area is 189 Å². The van der Waals surface area contributed by atoms with E-state index in [1.807, 2.05) is 0 Å². The van der Waals surface area contributed by atoms with Gasteiger partial charge in [-0.15, -0.1) is 5.10 Å². The summed E-state index contributed by atoms with van der Waals surface area (Å²) in [4.78, 5) is 26.8. The van der Waals surface area contributed by atoms with Crippen LogP contribution in [-0.2, 0) is 9.53 Å². The maximum atomic E-state index is 13.7. The molecular weight excluding hydrogens is 410 g/mol. The van der Waals surface area contributed by atoms with Gasteiger partial charge in [-0.25, -0.2) is 9.48 Å². The van der Waals surface area contributed by atoms with E-state index in [4.69, 9.17) is 14.6 Å². The standard InChI is InChI=1S/C24H35N3O5/c1-16-4-6-17(7-5-16)22(28)27(19-10-13-31-15-19)21-20(32-23(29)30)14-26(25-21)18-8-11-24(2,3)12-9-18/h8,14,16-17,19H,4-7,9-13,15H2,1-3H3,(H,29,30)/t16-,17-,19?. The number of ether oxygens (including phenoxy) is 2. The van der Waals surface area contributed by atoms with Crippen molar-refractivity contribution in [2.45, 2.75) is 78.2 Å². The van der Waals surface area contributed by atoms with Gasteiger partial charge in [0.1, 0.15) is 0 Å². The predicted octanol–water partition coefficient (Wildman–Crippen LogP) is 4.94. The zero-order valence-electron chi connectivity index (χ0n) is 19.4. The molecule has 1 aliphatic heterocycles. The van der Waals surface area contributed by atoms with Crippen molar-refractivity contribution in [3.05, 3.63) is 12.3 Å². The van der Waals surface area contributed by atoms with E-state index in [-0.39, 0.29) is 34.8 Å². The van der Waals surface area contributed by atoms with Crippen LogP contribution in [0.3, 0.4) is 0 Å². The minimum absolute atomic E-state index is 0.00615. The van der Waals surface area contributed by atoms with Crippen molar-refractivity contribution in [2.75, 3.05) is 18.1 Å².